The molecule has 4 heteroatoms. The molecule has 4 nitrogen and oxygen atoms in total. The summed E-state index contributed by atoms with van der Waals surface area (Å²) in [5.74, 6) is 1.32. The average Bonchev–Trinajstić information content (AvgIpc) is 3.15. The molecule has 2 aliphatic carbocycles. The molecule has 22 heavy (non-hydrogen) atoms. The van der Waals surface area contributed by atoms with Crippen LogP contribution in [0.1, 0.15) is 60.5 Å². The van der Waals surface area contributed by atoms with Gasteiger partial charge in [0.15, 0.2) is 5.78 Å². The lowest BCUT2D eigenvalue weighted by Crippen LogP contribution is -2.15. The first-order valence-corrected chi connectivity index (χ1v) is 8.28. The summed E-state index contributed by atoms with van der Waals surface area (Å²) in [5.41, 5.74) is 3.11. The molecule has 0 unspecified atom stereocenters. The van der Waals surface area contributed by atoms with E-state index in [1.807, 2.05) is 24.4 Å². The lowest BCUT2D eigenvalue weighted by atomic mass is 9.96. The number of ketones is 1. The zero-order valence-corrected chi connectivity index (χ0v) is 12.7. The number of nitrogens with zero attached hydrogens (tertiary/aromatic N) is 2. The molecular formula is C18H21N3O. The number of carbonyl (C=O) groups excluding carboxylic acids is 1. The van der Waals surface area contributed by atoms with E-state index < -0.39 is 0 Å². The highest BCUT2D eigenvalue weighted by molar-refractivity contribution is 6.00. The molecule has 114 valence electrons. The Balaban J connectivity index is 1.57. The second-order valence-electron chi connectivity index (χ2n) is 6.37. The van der Waals surface area contributed by atoms with Crippen molar-refractivity contribution < 1.29 is 4.79 Å². The summed E-state index contributed by atoms with van der Waals surface area (Å²) in [6.07, 6.45) is 9.76. The molecule has 0 aliphatic heterocycles. The van der Waals surface area contributed by atoms with Crippen LogP contribution in [0.5, 0.6) is 0 Å². The van der Waals surface area contributed by atoms with Gasteiger partial charge in [0, 0.05) is 23.7 Å². The molecule has 0 bridgehead atoms. The molecule has 4 rings (SSSR count). The second kappa shape index (κ2) is 5.59. The van der Waals surface area contributed by atoms with Crippen molar-refractivity contribution in [3.05, 3.63) is 41.6 Å². The largest absolute Gasteiger partial charge is 0.340 e. The van der Waals surface area contributed by atoms with Gasteiger partial charge >= 0.3 is 0 Å². The summed E-state index contributed by atoms with van der Waals surface area (Å²) >= 11 is 0. The number of hydrogen-bond donors (Lipinski definition) is 1. The van der Waals surface area contributed by atoms with Crippen LogP contribution in [0.25, 0.3) is 0 Å². The highest BCUT2D eigenvalue weighted by atomic mass is 16.1. The number of fused-ring (bicyclic) bond motifs is 1. The van der Waals surface area contributed by atoms with Gasteiger partial charge in [-0.25, -0.2) is 4.68 Å². The van der Waals surface area contributed by atoms with Crippen molar-refractivity contribution in [2.24, 2.45) is 0 Å². The third-order valence-electron chi connectivity index (χ3n) is 4.89. The van der Waals surface area contributed by atoms with Crippen LogP contribution in [0, 0.1) is 0 Å². The number of rotatable bonds is 3. The number of Topliss-reactive ketones (excluding diaryl/α,β-unsaturated/α-hetero) is 1. The number of carbonyl (C=O) groups is 1. The van der Waals surface area contributed by atoms with Gasteiger partial charge in [-0.1, -0.05) is 19.3 Å². The quantitative estimate of drug-likeness (QED) is 0.920. The van der Waals surface area contributed by atoms with E-state index in [1.54, 1.807) is 0 Å². The molecule has 0 atom stereocenters. The Kier molecular flexibility index (Phi) is 3.45. The van der Waals surface area contributed by atoms with Crippen LogP contribution < -0.4 is 5.32 Å². The van der Waals surface area contributed by atoms with Crippen LogP contribution in [0.3, 0.4) is 0 Å². The molecule has 1 saturated carbocycles. The number of nitrogens with one attached hydrogen (secondary N) is 1. The monoisotopic (exact) mass is 295 g/mol. The number of anilines is 2. The Morgan fingerprint density at radius 2 is 1.95 bits per heavy atom. The van der Waals surface area contributed by atoms with Gasteiger partial charge in [0.2, 0.25) is 0 Å². The van der Waals surface area contributed by atoms with E-state index in [0.29, 0.717) is 12.5 Å². The zero-order valence-electron chi connectivity index (χ0n) is 12.7. The Morgan fingerprint density at radius 3 is 2.82 bits per heavy atom. The van der Waals surface area contributed by atoms with Crippen LogP contribution in [0.2, 0.25) is 0 Å². The summed E-state index contributed by atoms with van der Waals surface area (Å²) in [4.78, 5) is 11.7. The van der Waals surface area contributed by atoms with E-state index in [2.05, 4.69) is 21.2 Å². The van der Waals surface area contributed by atoms with E-state index in [9.17, 15) is 4.79 Å². The predicted molar refractivity (Wildman–Crippen MR) is 86.7 cm³/mol. The standard InChI is InChI=1S/C18H21N3O/c22-17-9-6-13-12-14(7-8-16(13)17)20-18-10-11-19-21(18)15-4-2-1-3-5-15/h7-8,10-12,15,20H,1-6,9H2. The van der Waals surface area contributed by atoms with E-state index >= 15 is 0 Å². The SMILES string of the molecule is O=C1CCc2cc(Nc3ccnn3C3CCCCC3)ccc21. The van der Waals surface area contributed by atoms with E-state index in [1.165, 1.54) is 37.7 Å². The van der Waals surface area contributed by atoms with E-state index in [0.717, 1.165) is 23.5 Å². The molecule has 0 radical (unpaired) electrons. The molecule has 0 amide bonds. The first kappa shape index (κ1) is 13.6. The van der Waals surface area contributed by atoms with Crippen LogP contribution in [0.4, 0.5) is 11.5 Å². The highest BCUT2D eigenvalue weighted by Gasteiger charge is 2.21. The Morgan fingerprint density at radius 1 is 1.09 bits per heavy atom. The van der Waals surface area contributed by atoms with Crippen LogP contribution >= 0.6 is 0 Å². The first-order chi connectivity index (χ1) is 10.8. The summed E-state index contributed by atoms with van der Waals surface area (Å²) in [7, 11) is 0. The summed E-state index contributed by atoms with van der Waals surface area (Å²) in [6, 6.07) is 8.61. The van der Waals surface area contributed by atoms with Crippen molar-refractivity contribution in [2.75, 3.05) is 5.32 Å². The van der Waals surface area contributed by atoms with Gasteiger partial charge in [0.1, 0.15) is 5.82 Å². The molecular weight excluding hydrogens is 274 g/mol. The number of hydrogen-bond acceptors (Lipinski definition) is 3. The highest BCUT2D eigenvalue weighted by Crippen LogP contribution is 2.32. The minimum absolute atomic E-state index is 0.272. The van der Waals surface area contributed by atoms with Crippen LogP contribution in [0.15, 0.2) is 30.5 Å². The van der Waals surface area contributed by atoms with Crippen LogP contribution in [-0.4, -0.2) is 15.6 Å². The molecule has 1 aromatic heterocycles. The smallest absolute Gasteiger partial charge is 0.163 e. The summed E-state index contributed by atoms with van der Waals surface area (Å²) in [6.45, 7) is 0. The molecule has 2 aliphatic rings. The first-order valence-electron chi connectivity index (χ1n) is 8.28. The Hall–Kier alpha value is -2.10. The normalized spacial score (nSPS) is 18.5. The van der Waals surface area contributed by atoms with Crippen molar-refractivity contribution in [3.8, 4) is 0 Å². The van der Waals surface area contributed by atoms with E-state index in [4.69, 9.17) is 0 Å². The molecule has 1 heterocycles. The van der Waals surface area contributed by atoms with Gasteiger partial charge in [-0.3, -0.25) is 4.79 Å². The van der Waals surface area contributed by atoms with Crippen molar-refractivity contribution in [1.82, 2.24) is 9.78 Å². The van der Waals surface area contributed by atoms with Gasteiger partial charge in [-0.15, -0.1) is 0 Å². The topological polar surface area (TPSA) is 46.9 Å². The molecule has 1 fully saturated rings. The van der Waals surface area contributed by atoms with Gasteiger partial charge in [0.05, 0.1) is 12.2 Å². The van der Waals surface area contributed by atoms with Gasteiger partial charge in [-0.05, 0) is 43.0 Å². The molecule has 1 aromatic carbocycles. The maximum Gasteiger partial charge on any atom is 0.163 e. The second-order valence-corrected chi connectivity index (χ2v) is 6.37. The number of benzene rings is 1. The van der Waals surface area contributed by atoms with Crippen molar-refractivity contribution >= 4 is 17.3 Å². The maximum atomic E-state index is 11.7. The lowest BCUT2D eigenvalue weighted by molar-refractivity contribution is 0.0994. The van der Waals surface area contributed by atoms with Crippen molar-refractivity contribution in [2.45, 2.75) is 51.0 Å². The summed E-state index contributed by atoms with van der Waals surface area (Å²) in [5, 5.41) is 8.00. The van der Waals surface area contributed by atoms with Crippen molar-refractivity contribution in [3.63, 3.8) is 0 Å². The average molecular weight is 295 g/mol. The van der Waals surface area contributed by atoms with Gasteiger partial charge in [-0.2, -0.15) is 5.10 Å². The van der Waals surface area contributed by atoms with Gasteiger partial charge in [0.25, 0.3) is 0 Å². The fourth-order valence-electron chi connectivity index (χ4n) is 3.71. The van der Waals surface area contributed by atoms with Crippen LogP contribution in [-0.2, 0) is 6.42 Å². The molecule has 2 aromatic rings. The molecule has 1 N–H and O–H groups in total. The molecule has 0 spiro atoms. The fraction of sp³-hybridized carbons (Fsp3) is 0.444. The Labute approximate surface area is 130 Å². The maximum absolute atomic E-state index is 11.7. The van der Waals surface area contributed by atoms with Crippen molar-refractivity contribution in [1.29, 1.82) is 0 Å². The Bertz CT molecular complexity index is 698. The summed E-state index contributed by atoms with van der Waals surface area (Å²) < 4.78 is 2.14. The van der Waals surface area contributed by atoms with Gasteiger partial charge < -0.3 is 5.32 Å². The third kappa shape index (κ3) is 2.43. The minimum Gasteiger partial charge on any atom is -0.340 e. The number of aryl methyl sites for hydroxylation is 1. The third-order valence-corrected chi connectivity index (χ3v) is 4.89. The number of aromatic nitrogens is 2. The minimum atomic E-state index is 0.272. The predicted octanol–water partition coefficient (Wildman–Crippen LogP) is 4.26. The lowest BCUT2D eigenvalue weighted by Gasteiger charge is -2.24. The zero-order chi connectivity index (χ0) is 14.9. The molecule has 0 saturated heterocycles. The fourth-order valence-corrected chi connectivity index (χ4v) is 3.71. The van der Waals surface area contributed by atoms with E-state index in [-0.39, 0.29) is 5.78 Å².